The second-order valence-electron chi connectivity index (χ2n) is 17.6. The number of allylic oxidation sites excluding steroid dienone is 1. The van der Waals surface area contributed by atoms with E-state index in [1.807, 2.05) is 4.57 Å². The highest BCUT2D eigenvalue weighted by Crippen LogP contribution is 2.40. The number of amides is 3. The molecule has 0 spiro atoms. The SMILES string of the molecule is CC(C)(C)OC(=O)N(C(=O)OC(C)(C)C)c1nc(N(C(=O)OC(C)(C)C)C2CC2)c2ncn([C@H]3C=C[C@@H](CO[Si](C)(C)C(C)(C)C)C3)c2n1. The average Bonchev–Trinajstić information content (AvgIpc) is 3.44. The van der Waals surface area contributed by atoms with E-state index in [2.05, 4.69) is 51.0 Å². The summed E-state index contributed by atoms with van der Waals surface area (Å²) in [5, 5.41) is 0.0920. The van der Waals surface area contributed by atoms with Crippen LogP contribution >= 0.6 is 0 Å². The molecule has 1 saturated carbocycles. The summed E-state index contributed by atoms with van der Waals surface area (Å²) < 4.78 is 25.5. The normalized spacial score (nSPS) is 18.8. The predicted molar refractivity (Wildman–Crippen MR) is 191 cm³/mol. The Labute approximate surface area is 291 Å². The van der Waals surface area contributed by atoms with Gasteiger partial charge < -0.3 is 23.2 Å². The summed E-state index contributed by atoms with van der Waals surface area (Å²) in [6.45, 7) is 27.3. The minimum Gasteiger partial charge on any atom is -0.443 e. The van der Waals surface area contributed by atoms with Crippen molar-refractivity contribution in [3.8, 4) is 0 Å². The zero-order valence-electron chi connectivity index (χ0n) is 31.8. The van der Waals surface area contributed by atoms with E-state index in [9.17, 15) is 14.4 Å². The van der Waals surface area contributed by atoms with Gasteiger partial charge in [-0.25, -0.2) is 19.4 Å². The smallest absolute Gasteiger partial charge is 0.427 e. The van der Waals surface area contributed by atoms with Crippen LogP contribution in [0, 0.1) is 5.92 Å². The van der Waals surface area contributed by atoms with Gasteiger partial charge in [0.05, 0.1) is 12.4 Å². The number of carbonyl (C=O) groups excluding carboxylic acids is 3. The Hall–Kier alpha value is -3.52. The fraction of sp³-hybridized carbons (Fsp3) is 0.714. The first-order valence-electron chi connectivity index (χ1n) is 17.1. The third-order valence-electron chi connectivity index (χ3n) is 8.45. The third kappa shape index (κ3) is 9.59. The van der Waals surface area contributed by atoms with Crippen LogP contribution in [-0.4, -0.2) is 75.6 Å². The Kier molecular flexibility index (Phi) is 10.4. The second kappa shape index (κ2) is 13.3. The lowest BCUT2D eigenvalue weighted by atomic mass is 10.1. The second-order valence-corrected chi connectivity index (χ2v) is 22.4. The van der Waals surface area contributed by atoms with E-state index in [1.54, 1.807) is 68.6 Å². The van der Waals surface area contributed by atoms with Crippen LogP contribution in [0.2, 0.25) is 18.1 Å². The number of hydrogen-bond donors (Lipinski definition) is 0. The van der Waals surface area contributed by atoms with Gasteiger partial charge in [-0.3, -0.25) is 4.90 Å². The maximum absolute atomic E-state index is 13.7. The predicted octanol–water partition coefficient (Wildman–Crippen LogP) is 8.55. The lowest BCUT2D eigenvalue weighted by Gasteiger charge is -2.36. The molecule has 0 aromatic carbocycles. The van der Waals surface area contributed by atoms with E-state index in [1.165, 1.54) is 4.90 Å². The number of nitrogens with zero attached hydrogens (tertiary/aromatic N) is 6. The number of rotatable bonds is 7. The molecule has 0 bridgehead atoms. The van der Waals surface area contributed by atoms with Crippen LogP contribution in [0.15, 0.2) is 18.5 Å². The van der Waals surface area contributed by atoms with Gasteiger partial charge in [-0.15, -0.1) is 4.90 Å². The number of aromatic nitrogens is 4. The number of imide groups is 1. The van der Waals surface area contributed by atoms with Crippen LogP contribution in [0.1, 0.15) is 108 Å². The number of ether oxygens (including phenoxy) is 3. The molecule has 2 heterocycles. The summed E-state index contributed by atoms with van der Waals surface area (Å²) in [5.74, 6) is -0.00347. The Morgan fingerprint density at radius 1 is 0.816 bits per heavy atom. The highest BCUT2D eigenvalue weighted by Gasteiger charge is 2.42. The van der Waals surface area contributed by atoms with Gasteiger partial charge in [0, 0.05) is 18.6 Å². The molecule has 2 aromatic rings. The van der Waals surface area contributed by atoms with Crippen molar-refractivity contribution >= 4 is 49.5 Å². The number of anilines is 2. The van der Waals surface area contributed by atoms with Crippen molar-refractivity contribution in [2.45, 2.75) is 149 Å². The molecule has 0 N–H and O–H groups in total. The fourth-order valence-electron chi connectivity index (χ4n) is 4.92. The third-order valence-corrected chi connectivity index (χ3v) is 12.9. The number of hydrogen-bond acceptors (Lipinski definition) is 10. The van der Waals surface area contributed by atoms with Crippen LogP contribution in [0.3, 0.4) is 0 Å². The van der Waals surface area contributed by atoms with Crippen molar-refractivity contribution in [3.63, 3.8) is 0 Å². The van der Waals surface area contributed by atoms with Crippen molar-refractivity contribution < 1.29 is 33.0 Å². The highest BCUT2D eigenvalue weighted by atomic mass is 28.4. The van der Waals surface area contributed by atoms with Crippen LogP contribution in [0.4, 0.5) is 26.1 Å². The van der Waals surface area contributed by atoms with Crippen LogP contribution < -0.4 is 9.80 Å². The van der Waals surface area contributed by atoms with Crippen molar-refractivity contribution in [2.24, 2.45) is 5.92 Å². The maximum Gasteiger partial charge on any atom is 0.427 e. The van der Waals surface area contributed by atoms with Gasteiger partial charge in [0.25, 0.3) is 0 Å². The topological polar surface area (TPSA) is 138 Å². The van der Waals surface area contributed by atoms with E-state index >= 15 is 0 Å². The summed E-state index contributed by atoms with van der Waals surface area (Å²) >= 11 is 0. The standard InChI is InChI=1S/C35H56N6O7Si/c1-32(2,3)46-29(42)40(23-17-18-23)27-25-26(37-28(38-27)41(30(43)47-33(4,5)6)31(44)48-34(7,8)9)39(21-36-25)24-16-15-22(19-24)20-45-49(13,14)35(10,11)12/h15-16,21-24H,17-20H2,1-14H3/t22-,24+/m1/s1. The van der Waals surface area contributed by atoms with Crippen molar-refractivity contribution in [1.82, 2.24) is 19.5 Å². The first kappa shape index (κ1) is 38.3. The first-order valence-corrected chi connectivity index (χ1v) is 20.0. The molecule has 0 radical (unpaired) electrons. The minimum atomic E-state index is -1.95. The molecule has 272 valence electrons. The van der Waals surface area contributed by atoms with Gasteiger partial charge in [0.1, 0.15) is 16.8 Å². The van der Waals surface area contributed by atoms with E-state index in [4.69, 9.17) is 28.6 Å². The molecule has 14 heteroatoms. The Morgan fingerprint density at radius 3 is 1.84 bits per heavy atom. The Morgan fingerprint density at radius 2 is 1.35 bits per heavy atom. The van der Waals surface area contributed by atoms with E-state index in [0.29, 0.717) is 22.7 Å². The molecule has 0 saturated heterocycles. The molecule has 49 heavy (non-hydrogen) atoms. The van der Waals surface area contributed by atoms with Gasteiger partial charge >= 0.3 is 18.3 Å². The zero-order valence-corrected chi connectivity index (χ0v) is 32.8. The van der Waals surface area contributed by atoms with Gasteiger partial charge in [-0.2, -0.15) is 9.97 Å². The van der Waals surface area contributed by atoms with Crippen molar-refractivity contribution in [3.05, 3.63) is 18.5 Å². The summed E-state index contributed by atoms with van der Waals surface area (Å²) in [5.41, 5.74) is -2.00. The molecule has 2 aromatic heterocycles. The molecule has 13 nitrogen and oxygen atoms in total. The summed E-state index contributed by atoms with van der Waals surface area (Å²) in [6, 6.07) is -0.355. The molecule has 1 fully saturated rings. The monoisotopic (exact) mass is 700 g/mol. The summed E-state index contributed by atoms with van der Waals surface area (Å²) in [6.07, 6.45) is 5.44. The van der Waals surface area contributed by atoms with Crippen LogP contribution in [0.5, 0.6) is 0 Å². The first-order chi connectivity index (χ1) is 22.3. The molecule has 2 atom stereocenters. The largest absolute Gasteiger partial charge is 0.443 e. The van der Waals surface area contributed by atoms with E-state index in [-0.39, 0.29) is 34.8 Å². The number of fused-ring (bicyclic) bond motifs is 1. The molecule has 2 aliphatic carbocycles. The average molecular weight is 701 g/mol. The van der Waals surface area contributed by atoms with Crippen molar-refractivity contribution in [2.75, 3.05) is 16.4 Å². The van der Waals surface area contributed by atoms with Gasteiger partial charge in [-0.05, 0) is 99.7 Å². The summed E-state index contributed by atoms with van der Waals surface area (Å²) in [7, 11) is -1.95. The summed E-state index contributed by atoms with van der Waals surface area (Å²) in [4.78, 5) is 57.4. The molecular formula is C35H56N6O7Si. The lowest BCUT2D eigenvalue weighted by molar-refractivity contribution is 0.0426. The molecule has 3 amide bonds. The number of imidazole rings is 1. The van der Waals surface area contributed by atoms with Crippen molar-refractivity contribution in [1.29, 1.82) is 0 Å². The highest BCUT2D eigenvalue weighted by molar-refractivity contribution is 6.74. The zero-order chi connectivity index (χ0) is 36.9. The van der Waals surface area contributed by atoms with Crippen LogP contribution in [-0.2, 0) is 18.6 Å². The van der Waals surface area contributed by atoms with Crippen LogP contribution in [0.25, 0.3) is 11.2 Å². The van der Waals surface area contributed by atoms with Gasteiger partial charge in [0.15, 0.2) is 25.3 Å². The lowest BCUT2D eigenvalue weighted by Crippen LogP contribution is -2.45. The Bertz CT molecular complexity index is 1560. The molecule has 4 rings (SSSR count). The molecule has 2 aliphatic rings. The molecular weight excluding hydrogens is 645 g/mol. The number of carbonyl (C=O) groups is 3. The quantitative estimate of drug-likeness (QED) is 0.157. The minimum absolute atomic E-state index is 0.0920. The molecule has 0 unspecified atom stereocenters. The Balaban J connectivity index is 1.84. The maximum atomic E-state index is 13.7. The van der Waals surface area contributed by atoms with Gasteiger partial charge in [-0.1, -0.05) is 32.9 Å². The fourth-order valence-corrected chi connectivity index (χ4v) is 5.98. The van der Waals surface area contributed by atoms with E-state index in [0.717, 1.165) is 19.3 Å². The van der Waals surface area contributed by atoms with Gasteiger partial charge in [0.2, 0.25) is 5.95 Å². The molecule has 0 aliphatic heterocycles. The van der Waals surface area contributed by atoms with E-state index < -0.39 is 43.4 Å².